The van der Waals surface area contributed by atoms with Gasteiger partial charge in [0, 0.05) is 12.6 Å². The third-order valence-electron chi connectivity index (χ3n) is 1.26. The number of aliphatic hydroxyl groups is 1. The molecule has 10 heavy (non-hydrogen) atoms. The average molecular weight is 159 g/mol. The smallest absolute Gasteiger partial charge is 0.191 e. The van der Waals surface area contributed by atoms with Crippen molar-refractivity contribution in [3.63, 3.8) is 0 Å². The van der Waals surface area contributed by atoms with Crippen molar-refractivity contribution in [1.29, 1.82) is 0 Å². The number of aliphatic hydroxyl groups excluding tert-OH is 1. The minimum Gasteiger partial charge on any atom is -0.494 e. The van der Waals surface area contributed by atoms with Gasteiger partial charge in [-0.3, -0.25) is 0 Å². The third-order valence-corrected chi connectivity index (χ3v) is 1.65. The molecule has 0 aliphatic rings. The highest BCUT2D eigenvalue weighted by molar-refractivity contribution is 7.80. The molecule has 0 saturated carbocycles. The summed E-state index contributed by atoms with van der Waals surface area (Å²) in [4.78, 5) is 0. The fraction of sp³-hybridized carbons (Fsp3) is 0.333. The molecule has 1 rings (SSSR count). The molecule has 0 atom stereocenters. The van der Waals surface area contributed by atoms with E-state index in [1.807, 2.05) is 0 Å². The van der Waals surface area contributed by atoms with E-state index in [4.69, 9.17) is 10.2 Å². The quantitative estimate of drug-likeness (QED) is 0.549. The first kappa shape index (κ1) is 7.50. The zero-order valence-corrected chi connectivity index (χ0v) is 6.25. The van der Waals surface area contributed by atoms with Crippen molar-refractivity contribution in [2.24, 2.45) is 0 Å². The number of rotatable bonds is 2. The minimum atomic E-state index is 0.00972. The Morgan fingerprint density at radius 1 is 1.50 bits per heavy atom. The molecule has 2 N–H and O–H groups in total. The molecule has 0 unspecified atom stereocenters. The van der Waals surface area contributed by atoms with Crippen molar-refractivity contribution in [2.75, 3.05) is 6.61 Å². The molecule has 0 aromatic carbocycles. The summed E-state index contributed by atoms with van der Waals surface area (Å²) in [7, 11) is 0. The molecule has 1 aromatic rings. The lowest BCUT2D eigenvalue weighted by atomic mass is 10.6. The first-order valence-electron chi connectivity index (χ1n) is 2.94. The summed E-state index contributed by atoms with van der Waals surface area (Å²) in [5, 5.41) is 18.2. The van der Waals surface area contributed by atoms with Crippen LogP contribution in [0.1, 0.15) is 0 Å². The van der Waals surface area contributed by atoms with Gasteiger partial charge in [-0.25, -0.2) is 0 Å². The monoisotopic (exact) mass is 159 g/mol. The molecule has 0 spiro atoms. The summed E-state index contributed by atoms with van der Waals surface area (Å²) in [5.74, 6) is 0.138. The van der Waals surface area contributed by atoms with Crippen molar-refractivity contribution >= 4 is 12.6 Å². The molecule has 0 aliphatic heterocycles. The molecular formula is C6H9NO2S. The van der Waals surface area contributed by atoms with E-state index in [9.17, 15) is 0 Å². The van der Waals surface area contributed by atoms with E-state index in [0.29, 0.717) is 11.6 Å². The molecule has 0 radical (unpaired) electrons. The van der Waals surface area contributed by atoms with Gasteiger partial charge in [0.25, 0.3) is 0 Å². The Labute approximate surface area is 64.3 Å². The third kappa shape index (κ3) is 1.27. The van der Waals surface area contributed by atoms with Gasteiger partial charge in [-0.2, -0.15) is 0 Å². The van der Waals surface area contributed by atoms with Gasteiger partial charge in [-0.05, 0) is 6.07 Å². The molecule has 0 amide bonds. The van der Waals surface area contributed by atoms with Crippen molar-refractivity contribution in [3.8, 4) is 5.88 Å². The number of aromatic nitrogens is 1. The molecule has 1 aromatic heterocycles. The highest BCUT2D eigenvalue weighted by Gasteiger charge is 2.00. The Balaban J connectivity index is 2.87. The van der Waals surface area contributed by atoms with E-state index >= 15 is 0 Å². The molecule has 56 valence electrons. The van der Waals surface area contributed by atoms with Crippen LogP contribution in [-0.2, 0) is 6.54 Å². The van der Waals surface area contributed by atoms with Crippen LogP contribution in [0.25, 0.3) is 0 Å². The number of thiol groups is 1. The van der Waals surface area contributed by atoms with E-state index in [0.717, 1.165) is 0 Å². The van der Waals surface area contributed by atoms with Crippen LogP contribution in [0, 0.1) is 0 Å². The maximum absolute atomic E-state index is 9.07. The Bertz CT molecular complexity index is 202. The largest absolute Gasteiger partial charge is 0.494 e. The van der Waals surface area contributed by atoms with Crippen LogP contribution in [0.15, 0.2) is 17.2 Å². The predicted octanol–water partition coefficient (Wildman–Crippen LogP) is 0.475. The second kappa shape index (κ2) is 2.98. The molecule has 0 saturated heterocycles. The van der Waals surface area contributed by atoms with Crippen LogP contribution in [-0.4, -0.2) is 21.4 Å². The summed E-state index contributed by atoms with van der Waals surface area (Å²) in [6, 6.07) is 3.21. The lowest BCUT2D eigenvalue weighted by Gasteiger charge is -2.02. The van der Waals surface area contributed by atoms with Crippen LogP contribution in [0.2, 0.25) is 0 Å². The average Bonchev–Trinajstić information content (AvgIpc) is 2.20. The summed E-state index contributed by atoms with van der Waals surface area (Å²) in [6.45, 7) is 0.396. The standard InChI is InChI=1S/C6H9NO2S/c8-4-3-7-5(9)1-2-6(7)10/h1-2,8-10H,3-4H2. The summed E-state index contributed by atoms with van der Waals surface area (Å²) >= 11 is 4.04. The summed E-state index contributed by atoms with van der Waals surface area (Å²) in [6.07, 6.45) is 0. The van der Waals surface area contributed by atoms with Crippen molar-refractivity contribution in [1.82, 2.24) is 4.57 Å². The molecule has 0 bridgehead atoms. The zero-order valence-electron chi connectivity index (χ0n) is 5.36. The Morgan fingerprint density at radius 3 is 2.60 bits per heavy atom. The van der Waals surface area contributed by atoms with Crippen molar-refractivity contribution in [3.05, 3.63) is 12.1 Å². The number of nitrogens with zero attached hydrogens (tertiary/aromatic N) is 1. The normalized spacial score (nSPS) is 10.2. The molecule has 4 heteroatoms. The van der Waals surface area contributed by atoms with E-state index < -0.39 is 0 Å². The Kier molecular flexibility index (Phi) is 2.24. The summed E-state index contributed by atoms with van der Waals surface area (Å²) < 4.78 is 1.52. The summed E-state index contributed by atoms with van der Waals surface area (Å²) in [5.41, 5.74) is 0. The first-order chi connectivity index (χ1) is 4.75. The Hall–Kier alpha value is -0.610. The predicted molar refractivity (Wildman–Crippen MR) is 40.4 cm³/mol. The van der Waals surface area contributed by atoms with Gasteiger partial charge >= 0.3 is 0 Å². The van der Waals surface area contributed by atoms with E-state index in [2.05, 4.69) is 12.6 Å². The highest BCUT2D eigenvalue weighted by atomic mass is 32.1. The van der Waals surface area contributed by atoms with Gasteiger partial charge < -0.3 is 14.8 Å². The fourth-order valence-electron chi connectivity index (χ4n) is 0.775. The lowest BCUT2D eigenvalue weighted by molar-refractivity contribution is 0.262. The van der Waals surface area contributed by atoms with Crippen LogP contribution >= 0.6 is 12.6 Å². The van der Waals surface area contributed by atoms with Crippen LogP contribution in [0.3, 0.4) is 0 Å². The van der Waals surface area contributed by atoms with Crippen LogP contribution < -0.4 is 0 Å². The van der Waals surface area contributed by atoms with Gasteiger partial charge in [0.15, 0.2) is 5.88 Å². The lowest BCUT2D eigenvalue weighted by Crippen LogP contribution is -2.00. The number of hydrogen-bond acceptors (Lipinski definition) is 3. The van der Waals surface area contributed by atoms with Crippen LogP contribution in [0.4, 0.5) is 0 Å². The van der Waals surface area contributed by atoms with E-state index in [1.54, 1.807) is 6.07 Å². The fourth-order valence-corrected chi connectivity index (χ4v) is 1.05. The molecule has 0 aliphatic carbocycles. The van der Waals surface area contributed by atoms with E-state index in [-0.39, 0.29) is 12.5 Å². The molecule has 0 fully saturated rings. The van der Waals surface area contributed by atoms with Crippen molar-refractivity contribution in [2.45, 2.75) is 11.6 Å². The van der Waals surface area contributed by atoms with Gasteiger partial charge in [-0.1, -0.05) is 0 Å². The minimum absolute atomic E-state index is 0.00972. The van der Waals surface area contributed by atoms with Crippen LogP contribution in [0.5, 0.6) is 5.88 Å². The van der Waals surface area contributed by atoms with E-state index in [1.165, 1.54) is 10.6 Å². The van der Waals surface area contributed by atoms with Crippen molar-refractivity contribution < 1.29 is 10.2 Å². The van der Waals surface area contributed by atoms with Gasteiger partial charge in [-0.15, -0.1) is 12.6 Å². The second-order valence-corrected chi connectivity index (χ2v) is 2.38. The second-order valence-electron chi connectivity index (χ2n) is 1.92. The SMILES string of the molecule is OCCn1c(O)ccc1S. The van der Waals surface area contributed by atoms with Gasteiger partial charge in [0.1, 0.15) is 0 Å². The molecule has 1 heterocycles. The number of hydrogen-bond donors (Lipinski definition) is 3. The van der Waals surface area contributed by atoms with Gasteiger partial charge in [0.2, 0.25) is 0 Å². The molecular weight excluding hydrogens is 150 g/mol. The highest BCUT2D eigenvalue weighted by Crippen LogP contribution is 2.17. The zero-order chi connectivity index (χ0) is 7.56. The topological polar surface area (TPSA) is 45.4 Å². The first-order valence-corrected chi connectivity index (χ1v) is 3.38. The molecule has 3 nitrogen and oxygen atoms in total. The maximum atomic E-state index is 9.07. The Morgan fingerprint density at radius 2 is 2.20 bits per heavy atom. The van der Waals surface area contributed by atoms with Gasteiger partial charge in [0.05, 0.1) is 11.6 Å². The maximum Gasteiger partial charge on any atom is 0.191 e. The number of aromatic hydroxyl groups is 1.